The van der Waals surface area contributed by atoms with E-state index in [9.17, 15) is 9.59 Å². The molecule has 138 valence electrons. The smallest absolute Gasteiger partial charge is 0.257 e. The molecule has 27 heavy (non-hydrogen) atoms. The molecule has 1 aromatic heterocycles. The van der Waals surface area contributed by atoms with Gasteiger partial charge in [0.15, 0.2) is 0 Å². The van der Waals surface area contributed by atoms with Crippen molar-refractivity contribution in [1.29, 1.82) is 0 Å². The maximum Gasteiger partial charge on any atom is 0.257 e. The van der Waals surface area contributed by atoms with Crippen molar-refractivity contribution in [2.75, 3.05) is 0 Å². The third kappa shape index (κ3) is 3.19. The van der Waals surface area contributed by atoms with Gasteiger partial charge in [-0.05, 0) is 55.7 Å². The van der Waals surface area contributed by atoms with Crippen molar-refractivity contribution >= 4 is 44.3 Å². The molecule has 0 saturated heterocycles. The fraction of sp³-hybridized carbons (Fsp3) is 0.238. The van der Waals surface area contributed by atoms with Crippen LogP contribution in [0.4, 0.5) is 0 Å². The maximum absolute atomic E-state index is 13.0. The molecule has 0 unspecified atom stereocenters. The second-order valence-corrected chi connectivity index (χ2v) is 8.39. The van der Waals surface area contributed by atoms with Crippen LogP contribution in [-0.4, -0.2) is 10.5 Å². The first-order valence-corrected chi connectivity index (χ1v) is 9.96. The molecule has 0 fully saturated rings. The highest BCUT2D eigenvalue weighted by Gasteiger charge is 2.25. The minimum Gasteiger partial charge on any atom is -0.345 e. The lowest BCUT2D eigenvalue weighted by Gasteiger charge is -2.16. The number of hydrogen-bond donors (Lipinski definition) is 1. The average Bonchev–Trinajstić information content (AvgIpc) is 2.93. The fourth-order valence-electron chi connectivity index (χ4n) is 3.73. The van der Waals surface area contributed by atoms with Crippen molar-refractivity contribution in [3.05, 3.63) is 79.0 Å². The van der Waals surface area contributed by atoms with E-state index < -0.39 is 0 Å². The van der Waals surface area contributed by atoms with Gasteiger partial charge in [0.25, 0.3) is 5.91 Å². The van der Waals surface area contributed by atoms with Gasteiger partial charge < -0.3 is 9.88 Å². The van der Waals surface area contributed by atoms with Crippen LogP contribution in [0, 0.1) is 0 Å². The van der Waals surface area contributed by atoms with Crippen LogP contribution in [0.25, 0.3) is 10.9 Å². The molecule has 4 nitrogen and oxygen atoms in total. The Labute approximate surface area is 170 Å². The predicted molar refractivity (Wildman–Crippen MR) is 112 cm³/mol. The minimum atomic E-state index is -0.367. The number of amides is 1. The molecule has 2 aromatic carbocycles. The van der Waals surface area contributed by atoms with E-state index in [1.54, 1.807) is 24.4 Å². The first-order chi connectivity index (χ1) is 12.8. The Hall–Kier alpha value is -2.11. The van der Waals surface area contributed by atoms with Gasteiger partial charge in [0.1, 0.15) is 5.56 Å². The Balaban J connectivity index is 1.74. The van der Waals surface area contributed by atoms with E-state index >= 15 is 0 Å². The molecular weight excluding hydrogens is 428 g/mol. The van der Waals surface area contributed by atoms with Crippen molar-refractivity contribution < 1.29 is 4.79 Å². The van der Waals surface area contributed by atoms with E-state index in [0.717, 1.165) is 27.5 Å². The van der Waals surface area contributed by atoms with Gasteiger partial charge in [0.05, 0.1) is 11.6 Å². The molecule has 1 N–H and O–H groups in total. The topological polar surface area (TPSA) is 51.1 Å². The number of aromatic nitrogens is 1. The van der Waals surface area contributed by atoms with Crippen LogP contribution in [0.3, 0.4) is 0 Å². The molecule has 2 atom stereocenters. The summed E-state index contributed by atoms with van der Waals surface area (Å²) < 4.78 is 2.90. The Morgan fingerprint density at radius 1 is 1.30 bits per heavy atom. The highest BCUT2D eigenvalue weighted by molar-refractivity contribution is 9.10. The molecule has 3 aromatic rings. The van der Waals surface area contributed by atoms with Gasteiger partial charge >= 0.3 is 0 Å². The molecule has 1 aliphatic heterocycles. The zero-order valence-electron chi connectivity index (χ0n) is 14.9. The Bertz CT molecular complexity index is 1120. The molecule has 0 radical (unpaired) electrons. The molecule has 6 heteroatoms. The summed E-state index contributed by atoms with van der Waals surface area (Å²) >= 11 is 9.40. The minimum absolute atomic E-state index is 0.168. The van der Waals surface area contributed by atoms with Crippen LogP contribution in [-0.2, 0) is 6.42 Å². The van der Waals surface area contributed by atoms with Crippen molar-refractivity contribution in [3.8, 4) is 0 Å². The van der Waals surface area contributed by atoms with Gasteiger partial charge in [-0.15, -0.1) is 0 Å². The van der Waals surface area contributed by atoms with Crippen LogP contribution in [0.2, 0.25) is 5.02 Å². The molecule has 4 rings (SSSR count). The van der Waals surface area contributed by atoms with Crippen LogP contribution < -0.4 is 10.7 Å². The van der Waals surface area contributed by atoms with Crippen molar-refractivity contribution in [2.45, 2.75) is 32.4 Å². The van der Waals surface area contributed by atoms with E-state index in [0.29, 0.717) is 10.4 Å². The number of benzene rings is 2. The number of rotatable bonds is 3. The summed E-state index contributed by atoms with van der Waals surface area (Å²) in [4.78, 5) is 25.9. The summed E-state index contributed by atoms with van der Waals surface area (Å²) in [6.45, 7) is 3.98. The highest BCUT2D eigenvalue weighted by atomic mass is 79.9. The molecule has 0 bridgehead atoms. The van der Waals surface area contributed by atoms with Gasteiger partial charge in [-0.1, -0.05) is 39.7 Å². The van der Waals surface area contributed by atoms with Crippen LogP contribution >= 0.6 is 27.5 Å². The Morgan fingerprint density at radius 2 is 2.00 bits per heavy atom. The number of carbonyl (C=O) groups is 1. The summed E-state index contributed by atoms with van der Waals surface area (Å²) in [5.41, 5.74) is 2.92. The summed E-state index contributed by atoms with van der Waals surface area (Å²) in [6.07, 6.45) is 2.55. The average molecular weight is 446 g/mol. The number of nitrogens with one attached hydrogen (secondary N) is 1. The van der Waals surface area contributed by atoms with E-state index in [4.69, 9.17) is 11.6 Å². The van der Waals surface area contributed by atoms with Crippen molar-refractivity contribution in [1.82, 2.24) is 9.88 Å². The summed E-state index contributed by atoms with van der Waals surface area (Å²) in [6, 6.07) is 11.1. The normalized spacial score (nSPS) is 16.5. The lowest BCUT2D eigenvalue weighted by atomic mass is 10.1. The summed E-state index contributed by atoms with van der Waals surface area (Å²) in [7, 11) is 0. The molecular formula is C21H18BrClN2O2. The molecule has 1 amide bonds. The molecule has 0 saturated carbocycles. The van der Waals surface area contributed by atoms with E-state index in [2.05, 4.69) is 28.2 Å². The number of pyridine rings is 1. The summed E-state index contributed by atoms with van der Waals surface area (Å²) in [5.74, 6) is -0.367. The number of halogens is 2. The highest BCUT2D eigenvalue weighted by Crippen LogP contribution is 2.33. The second-order valence-electron chi connectivity index (χ2n) is 7.04. The second kappa shape index (κ2) is 6.80. The van der Waals surface area contributed by atoms with Gasteiger partial charge in [-0.25, -0.2) is 0 Å². The predicted octanol–water partition coefficient (Wildman–Crippen LogP) is 5.03. The van der Waals surface area contributed by atoms with Crippen molar-refractivity contribution in [3.63, 3.8) is 0 Å². The number of carbonyl (C=O) groups excluding carboxylic acids is 1. The summed E-state index contributed by atoms with van der Waals surface area (Å²) in [5, 5.41) is 4.15. The van der Waals surface area contributed by atoms with Crippen LogP contribution in [0.5, 0.6) is 0 Å². The first-order valence-electron chi connectivity index (χ1n) is 8.78. The first kappa shape index (κ1) is 18.3. The largest absolute Gasteiger partial charge is 0.345 e. The van der Waals surface area contributed by atoms with E-state index in [1.807, 2.05) is 29.7 Å². The van der Waals surface area contributed by atoms with Crippen LogP contribution in [0.15, 0.2) is 51.9 Å². The van der Waals surface area contributed by atoms with E-state index in [1.165, 1.54) is 0 Å². The zero-order chi connectivity index (χ0) is 19.3. The number of nitrogens with zero attached hydrogens (tertiary/aromatic N) is 1. The standard InChI is InChI=1S/C21H18BrClN2O2/c1-11-7-14-8-15(22)9-17-19(14)25(11)10-18(20(17)26)21(27)24-12(2)13-3-5-16(23)6-4-13/h3-6,8-12H,7H2,1-2H3,(H,24,27)/t11-,12-/m0/s1. The molecule has 0 spiro atoms. The lowest BCUT2D eigenvalue weighted by molar-refractivity contribution is 0.0938. The SMILES string of the molecule is C[C@H](NC(=O)c1cn2c3c(cc(Br)cc3c1=O)C[C@@H]2C)c1ccc(Cl)cc1. The monoisotopic (exact) mass is 444 g/mol. The molecule has 1 aliphatic rings. The Morgan fingerprint density at radius 3 is 2.70 bits per heavy atom. The van der Waals surface area contributed by atoms with Gasteiger partial charge in [-0.3, -0.25) is 9.59 Å². The third-order valence-corrected chi connectivity index (χ3v) is 5.83. The molecule has 2 heterocycles. The maximum atomic E-state index is 13.0. The Kier molecular flexibility index (Phi) is 4.60. The quantitative estimate of drug-likeness (QED) is 0.615. The van der Waals surface area contributed by atoms with E-state index in [-0.39, 0.29) is 29.0 Å². The number of hydrogen-bond acceptors (Lipinski definition) is 2. The van der Waals surface area contributed by atoms with Gasteiger partial charge in [-0.2, -0.15) is 0 Å². The third-order valence-electron chi connectivity index (χ3n) is 5.12. The van der Waals surface area contributed by atoms with Crippen LogP contribution in [0.1, 0.15) is 47.4 Å². The van der Waals surface area contributed by atoms with Gasteiger partial charge in [0.2, 0.25) is 5.43 Å². The van der Waals surface area contributed by atoms with Gasteiger partial charge in [0, 0.05) is 27.1 Å². The van der Waals surface area contributed by atoms with Crippen molar-refractivity contribution in [2.24, 2.45) is 0 Å². The fourth-order valence-corrected chi connectivity index (χ4v) is 4.36. The molecule has 0 aliphatic carbocycles. The lowest BCUT2D eigenvalue weighted by Crippen LogP contribution is -2.31. The zero-order valence-corrected chi connectivity index (χ0v) is 17.3.